The van der Waals surface area contributed by atoms with Crippen molar-refractivity contribution in [2.75, 3.05) is 13.2 Å². The Morgan fingerprint density at radius 1 is 1.05 bits per heavy atom. The molecule has 0 aromatic heterocycles. The van der Waals surface area contributed by atoms with E-state index in [0.29, 0.717) is 35.9 Å². The zero-order chi connectivity index (χ0) is 28.3. The highest BCUT2D eigenvalue weighted by atomic mass is 16.6. The van der Waals surface area contributed by atoms with Crippen molar-refractivity contribution in [3.63, 3.8) is 0 Å². The number of ketones is 2. The fraction of sp³-hybridized carbons (Fsp3) is 0.879. The van der Waals surface area contributed by atoms with Gasteiger partial charge < -0.3 is 20.1 Å². The second kappa shape index (κ2) is 10.6. The van der Waals surface area contributed by atoms with Gasteiger partial charge in [0.05, 0.1) is 25.2 Å². The standard InChI is InChI=1S/C33H52O6/c1-19-7-6-13-33(29(37)23(18-35)30(38)39-20(2)17-34)16-11-25-22(28(19)33)8-9-27-31(4)15-12-26(36)21(3)24(31)10-14-32(25,27)5/h8,19-21,23-25,27-28,30,34-35,38H,6-7,9-18H2,1-5H3. The lowest BCUT2D eigenvalue weighted by atomic mass is 9.38. The molecule has 5 aliphatic rings. The van der Waals surface area contributed by atoms with Crippen LogP contribution >= 0.6 is 0 Å². The van der Waals surface area contributed by atoms with E-state index in [-0.39, 0.29) is 35.1 Å². The summed E-state index contributed by atoms with van der Waals surface area (Å²) < 4.78 is 5.52. The normalized spacial score (nSPS) is 46.1. The molecule has 220 valence electrons. The number of carbonyl (C=O) groups is 2. The first-order valence-corrected chi connectivity index (χ1v) is 15.8. The maximum Gasteiger partial charge on any atom is 0.166 e. The Kier molecular flexibility index (Phi) is 8.02. The van der Waals surface area contributed by atoms with Crippen LogP contribution in [0.3, 0.4) is 0 Å². The van der Waals surface area contributed by atoms with Crippen LogP contribution in [-0.2, 0) is 14.3 Å². The second-order valence-electron chi connectivity index (χ2n) is 14.7. The number of hydrogen-bond donors (Lipinski definition) is 3. The molecular weight excluding hydrogens is 492 g/mol. The van der Waals surface area contributed by atoms with Crippen LogP contribution in [0.25, 0.3) is 0 Å². The summed E-state index contributed by atoms with van der Waals surface area (Å²) in [6.07, 6.45) is 10.1. The van der Waals surface area contributed by atoms with Gasteiger partial charge in [-0.15, -0.1) is 0 Å². The zero-order valence-electron chi connectivity index (χ0n) is 24.8. The minimum atomic E-state index is -1.43. The smallest absolute Gasteiger partial charge is 0.166 e. The molecule has 4 fully saturated rings. The van der Waals surface area contributed by atoms with E-state index in [0.717, 1.165) is 57.8 Å². The van der Waals surface area contributed by atoms with Crippen LogP contribution in [-0.4, -0.2) is 52.5 Å². The van der Waals surface area contributed by atoms with E-state index in [4.69, 9.17) is 4.74 Å². The number of aliphatic hydroxyl groups excluding tert-OH is 3. The van der Waals surface area contributed by atoms with Crippen molar-refractivity contribution in [3.8, 4) is 0 Å². The highest BCUT2D eigenvalue weighted by molar-refractivity contribution is 5.89. The van der Waals surface area contributed by atoms with Crippen molar-refractivity contribution in [3.05, 3.63) is 11.6 Å². The van der Waals surface area contributed by atoms with Gasteiger partial charge in [0.1, 0.15) is 11.6 Å². The van der Waals surface area contributed by atoms with Gasteiger partial charge in [-0.25, -0.2) is 0 Å². The van der Waals surface area contributed by atoms with E-state index in [1.807, 2.05) is 0 Å². The van der Waals surface area contributed by atoms with Gasteiger partial charge in [-0.1, -0.05) is 52.2 Å². The van der Waals surface area contributed by atoms with Crippen molar-refractivity contribution < 1.29 is 29.6 Å². The molecule has 0 radical (unpaired) electrons. The first kappa shape index (κ1) is 29.4. The molecule has 6 nitrogen and oxygen atoms in total. The topological polar surface area (TPSA) is 104 Å². The lowest BCUT2D eigenvalue weighted by Crippen LogP contribution is -2.61. The molecule has 6 heteroatoms. The number of aliphatic hydroxyl groups is 3. The van der Waals surface area contributed by atoms with Crippen molar-refractivity contribution in [2.45, 2.75) is 111 Å². The average molecular weight is 545 g/mol. The van der Waals surface area contributed by atoms with Gasteiger partial charge in [0.2, 0.25) is 0 Å². The molecule has 0 aromatic rings. The maximum atomic E-state index is 14.4. The quantitative estimate of drug-likeness (QED) is 0.305. The number of carbonyl (C=O) groups excluding carboxylic acids is 2. The Labute approximate surface area is 235 Å². The summed E-state index contributed by atoms with van der Waals surface area (Å²) in [6.45, 7) is 10.4. The van der Waals surface area contributed by atoms with E-state index in [2.05, 4.69) is 33.8 Å². The molecule has 0 spiro atoms. The minimum absolute atomic E-state index is 0.0545. The number of fused-ring (bicyclic) bond motifs is 7. The minimum Gasteiger partial charge on any atom is -0.395 e. The monoisotopic (exact) mass is 544 g/mol. The first-order valence-electron chi connectivity index (χ1n) is 15.8. The van der Waals surface area contributed by atoms with Gasteiger partial charge in [-0.05, 0) is 92.3 Å². The average Bonchev–Trinajstić information content (AvgIpc) is 2.90. The van der Waals surface area contributed by atoms with E-state index in [9.17, 15) is 24.9 Å². The molecule has 12 atom stereocenters. The molecule has 0 aliphatic heterocycles. The van der Waals surface area contributed by atoms with Crippen molar-refractivity contribution >= 4 is 11.6 Å². The van der Waals surface area contributed by atoms with E-state index >= 15 is 0 Å². The SMILES string of the molecule is CC(CO)OC(O)C(CO)C(=O)C12CCCC(C)C1C1=CCC3C(C)(CCC4C(C)C(=O)CCC43C)C1CC2. The molecular formula is C33H52O6. The van der Waals surface area contributed by atoms with E-state index in [1.54, 1.807) is 6.92 Å². The van der Waals surface area contributed by atoms with Crippen molar-refractivity contribution in [1.82, 2.24) is 0 Å². The molecule has 39 heavy (non-hydrogen) atoms. The van der Waals surface area contributed by atoms with Crippen LogP contribution in [0.4, 0.5) is 0 Å². The number of hydrogen-bond acceptors (Lipinski definition) is 6. The van der Waals surface area contributed by atoms with Crippen LogP contribution in [0.15, 0.2) is 11.6 Å². The summed E-state index contributed by atoms with van der Waals surface area (Å²) in [6, 6.07) is 0. The van der Waals surface area contributed by atoms with Gasteiger partial charge in [0.15, 0.2) is 6.29 Å². The molecule has 0 amide bonds. The second-order valence-corrected chi connectivity index (χ2v) is 14.7. The third kappa shape index (κ3) is 4.42. The molecule has 4 saturated carbocycles. The lowest BCUT2D eigenvalue weighted by molar-refractivity contribution is -0.191. The van der Waals surface area contributed by atoms with Gasteiger partial charge in [-0.3, -0.25) is 9.59 Å². The van der Waals surface area contributed by atoms with Crippen LogP contribution < -0.4 is 0 Å². The molecule has 0 heterocycles. The Hall–Kier alpha value is -1.08. The molecule has 0 aromatic carbocycles. The van der Waals surface area contributed by atoms with Crippen LogP contribution in [0.2, 0.25) is 0 Å². The Bertz CT molecular complexity index is 991. The predicted molar refractivity (Wildman–Crippen MR) is 149 cm³/mol. The Balaban J connectivity index is 1.49. The predicted octanol–water partition coefficient (Wildman–Crippen LogP) is 5.08. The van der Waals surface area contributed by atoms with Crippen LogP contribution in [0, 0.1) is 57.7 Å². The molecule has 0 saturated heterocycles. The molecule has 0 bridgehead atoms. The molecule has 3 N–H and O–H groups in total. The number of allylic oxidation sites excluding steroid dienone is 2. The van der Waals surface area contributed by atoms with E-state index in [1.165, 1.54) is 5.57 Å². The first-order chi connectivity index (χ1) is 18.4. The third-order valence-electron chi connectivity index (χ3n) is 12.9. The Morgan fingerprint density at radius 3 is 2.49 bits per heavy atom. The molecule has 5 rings (SSSR count). The fourth-order valence-corrected chi connectivity index (χ4v) is 11.0. The number of ether oxygens (including phenoxy) is 1. The molecule has 12 unspecified atom stereocenters. The number of Topliss-reactive ketones (excluding diaryl/α,β-unsaturated/α-hetero) is 2. The highest BCUT2D eigenvalue weighted by Gasteiger charge is 2.64. The largest absolute Gasteiger partial charge is 0.395 e. The summed E-state index contributed by atoms with van der Waals surface area (Å²) in [7, 11) is 0. The van der Waals surface area contributed by atoms with Gasteiger partial charge in [0, 0.05) is 17.8 Å². The summed E-state index contributed by atoms with van der Waals surface area (Å²) >= 11 is 0. The van der Waals surface area contributed by atoms with Gasteiger partial charge in [-0.2, -0.15) is 0 Å². The third-order valence-corrected chi connectivity index (χ3v) is 12.9. The van der Waals surface area contributed by atoms with Crippen LogP contribution in [0.5, 0.6) is 0 Å². The lowest BCUT2D eigenvalue weighted by Gasteiger charge is -2.66. The Morgan fingerprint density at radius 2 is 1.79 bits per heavy atom. The van der Waals surface area contributed by atoms with Crippen molar-refractivity contribution in [1.29, 1.82) is 0 Å². The zero-order valence-corrected chi connectivity index (χ0v) is 24.8. The molecule has 5 aliphatic carbocycles. The van der Waals surface area contributed by atoms with E-state index < -0.39 is 30.3 Å². The highest BCUT2D eigenvalue weighted by Crippen LogP contribution is 2.70. The number of rotatable bonds is 7. The van der Waals surface area contributed by atoms with Gasteiger partial charge >= 0.3 is 0 Å². The maximum absolute atomic E-state index is 14.4. The summed E-state index contributed by atoms with van der Waals surface area (Å²) in [5, 5.41) is 30.5. The van der Waals surface area contributed by atoms with Crippen LogP contribution in [0.1, 0.15) is 98.8 Å². The summed E-state index contributed by atoms with van der Waals surface area (Å²) in [5.41, 5.74) is 1.23. The van der Waals surface area contributed by atoms with Gasteiger partial charge in [0.25, 0.3) is 0 Å². The fourth-order valence-electron chi connectivity index (χ4n) is 11.0. The van der Waals surface area contributed by atoms with Crippen molar-refractivity contribution in [2.24, 2.45) is 57.7 Å². The summed E-state index contributed by atoms with van der Waals surface area (Å²) in [4.78, 5) is 27.0. The summed E-state index contributed by atoms with van der Waals surface area (Å²) in [5.74, 6) is 1.50.